The van der Waals surface area contributed by atoms with E-state index >= 15 is 0 Å². The van der Waals surface area contributed by atoms with Gasteiger partial charge in [0.05, 0.1) is 13.2 Å². The van der Waals surface area contributed by atoms with Crippen molar-refractivity contribution in [1.82, 2.24) is 5.32 Å². The lowest BCUT2D eigenvalue weighted by atomic mass is 10.3. The molecule has 1 aromatic carbocycles. The number of amides is 1. The standard InChI is InChI=1S/C15H22N4O3.HI/c1-10(2)18-14(20)9-17-15(16)19-11-4-5-12-13(8-11)22-7-3-6-21-12;/h4-5,8,10H,3,6-7,9H2,1-2H3,(H,18,20)(H3,16,17,19);1H. The second-order valence-corrected chi connectivity index (χ2v) is 5.26. The third-order valence-electron chi connectivity index (χ3n) is 2.86. The second kappa shape index (κ2) is 9.43. The molecule has 0 atom stereocenters. The zero-order valence-electron chi connectivity index (χ0n) is 13.3. The number of carbonyl (C=O) groups excluding carboxylic acids is 1. The van der Waals surface area contributed by atoms with Crippen LogP contribution < -0.4 is 25.8 Å². The molecule has 0 saturated heterocycles. The number of anilines is 1. The highest BCUT2D eigenvalue weighted by molar-refractivity contribution is 14.0. The molecule has 1 heterocycles. The Morgan fingerprint density at radius 3 is 2.70 bits per heavy atom. The van der Waals surface area contributed by atoms with E-state index in [-0.39, 0.29) is 48.4 Å². The van der Waals surface area contributed by atoms with E-state index < -0.39 is 0 Å². The van der Waals surface area contributed by atoms with Gasteiger partial charge in [-0.3, -0.25) is 4.79 Å². The Bertz CT molecular complexity index is 564. The fourth-order valence-corrected chi connectivity index (χ4v) is 1.95. The van der Waals surface area contributed by atoms with Crippen LogP contribution in [-0.2, 0) is 4.79 Å². The summed E-state index contributed by atoms with van der Waals surface area (Å²) in [5.74, 6) is 1.40. The molecule has 1 aliphatic rings. The molecule has 23 heavy (non-hydrogen) atoms. The average molecular weight is 434 g/mol. The molecule has 0 unspecified atom stereocenters. The van der Waals surface area contributed by atoms with Gasteiger partial charge < -0.3 is 25.8 Å². The Kier molecular flexibility index (Phi) is 7.93. The van der Waals surface area contributed by atoms with Gasteiger partial charge in [-0.25, -0.2) is 4.99 Å². The lowest BCUT2D eigenvalue weighted by molar-refractivity contribution is -0.120. The Balaban J connectivity index is 0.00000264. The third-order valence-corrected chi connectivity index (χ3v) is 2.86. The van der Waals surface area contributed by atoms with Crippen LogP contribution in [0.15, 0.2) is 23.2 Å². The highest BCUT2D eigenvalue weighted by Gasteiger charge is 2.11. The molecule has 0 saturated carbocycles. The van der Waals surface area contributed by atoms with Crippen molar-refractivity contribution in [3.63, 3.8) is 0 Å². The summed E-state index contributed by atoms with van der Waals surface area (Å²) in [6.45, 7) is 5.03. The van der Waals surface area contributed by atoms with Gasteiger partial charge in [0.2, 0.25) is 5.91 Å². The summed E-state index contributed by atoms with van der Waals surface area (Å²) in [6, 6.07) is 5.53. The molecule has 8 heteroatoms. The zero-order chi connectivity index (χ0) is 15.9. The number of aliphatic imine (C=N–C) groups is 1. The maximum absolute atomic E-state index is 11.5. The molecule has 0 bridgehead atoms. The number of fused-ring (bicyclic) bond motifs is 1. The summed E-state index contributed by atoms with van der Waals surface area (Å²) < 4.78 is 11.2. The average Bonchev–Trinajstić information content (AvgIpc) is 2.69. The van der Waals surface area contributed by atoms with Crippen LogP contribution in [0.2, 0.25) is 0 Å². The molecule has 128 valence electrons. The van der Waals surface area contributed by atoms with Crippen LogP contribution in [0.5, 0.6) is 11.5 Å². The summed E-state index contributed by atoms with van der Waals surface area (Å²) in [5.41, 5.74) is 6.51. The maximum atomic E-state index is 11.5. The van der Waals surface area contributed by atoms with Crippen LogP contribution in [0.3, 0.4) is 0 Å². The predicted molar refractivity (Wildman–Crippen MR) is 101 cm³/mol. The number of guanidine groups is 1. The fraction of sp³-hybridized carbons (Fsp3) is 0.467. The molecule has 0 radical (unpaired) electrons. The number of ether oxygens (including phenoxy) is 2. The van der Waals surface area contributed by atoms with Crippen molar-refractivity contribution in [2.75, 3.05) is 25.1 Å². The minimum atomic E-state index is -0.168. The highest BCUT2D eigenvalue weighted by atomic mass is 127. The van der Waals surface area contributed by atoms with E-state index in [1.54, 1.807) is 6.07 Å². The predicted octanol–water partition coefficient (Wildman–Crippen LogP) is 1.72. The van der Waals surface area contributed by atoms with Gasteiger partial charge in [-0.2, -0.15) is 0 Å². The summed E-state index contributed by atoms with van der Waals surface area (Å²) in [4.78, 5) is 15.5. The molecule has 0 aliphatic carbocycles. The van der Waals surface area contributed by atoms with Crippen LogP contribution in [0.4, 0.5) is 5.69 Å². The van der Waals surface area contributed by atoms with E-state index in [0.29, 0.717) is 19.0 Å². The number of nitrogens with one attached hydrogen (secondary N) is 2. The first kappa shape index (κ1) is 19.3. The van der Waals surface area contributed by atoms with E-state index in [1.807, 2.05) is 26.0 Å². The molecule has 7 nitrogen and oxygen atoms in total. The summed E-state index contributed by atoms with van der Waals surface area (Å²) in [6.07, 6.45) is 0.853. The first-order chi connectivity index (χ1) is 10.5. The Morgan fingerprint density at radius 2 is 2.00 bits per heavy atom. The van der Waals surface area contributed by atoms with Crippen LogP contribution in [0, 0.1) is 0 Å². The quantitative estimate of drug-likeness (QED) is 0.381. The number of benzene rings is 1. The van der Waals surface area contributed by atoms with Crippen molar-refractivity contribution in [2.24, 2.45) is 10.7 Å². The van der Waals surface area contributed by atoms with Crippen molar-refractivity contribution in [1.29, 1.82) is 0 Å². The molecule has 1 amide bonds. The van der Waals surface area contributed by atoms with Gasteiger partial charge in [-0.1, -0.05) is 0 Å². The van der Waals surface area contributed by atoms with Crippen molar-refractivity contribution in [3.05, 3.63) is 18.2 Å². The minimum Gasteiger partial charge on any atom is -0.490 e. The van der Waals surface area contributed by atoms with Crippen LogP contribution in [0.1, 0.15) is 20.3 Å². The maximum Gasteiger partial charge on any atom is 0.242 e. The zero-order valence-corrected chi connectivity index (χ0v) is 15.6. The van der Waals surface area contributed by atoms with Gasteiger partial charge in [0.15, 0.2) is 17.5 Å². The Labute approximate surface area is 153 Å². The number of nitrogens with two attached hydrogens (primary N) is 1. The van der Waals surface area contributed by atoms with Crippen molar-refractivity contribution < 1.29 is 14.3 Å². The van der Waals surface area contributed by atoms with E-state index in [1.165, 1.54) is 0 Å². The van der Waals surface area contributed by atoms with E-state index in [0.717, 1.165) is 17.9 Å². The molecule has 4 N–H and O–H groups in total. The van der Waals surface area contributed by atoms with Crippen molar-refractivity contribution in [3.8, 4) is 11.5 Å². The van der Waals surface area contributed by atoms with Crippen LogP contribution in [-0.4, -0.2) is 37.7 Å². The topological polar surface area (TPSA) is 98.0 Å². The number of hydrogen-bond donors (Lipinski definition) is 3. The first-order valence-corrected chi connectivity index (χ1v) is 7.30. The smallest absolute Gasteiger partial charge is 0.242 e. The van der Waals surface area contributed by atoms with E-state index in [9.17, 15) is 4.79 Å². The largest absolute Gasteiger partial charge is 0.490 e. The summed E-state index contributed by atoms with van der Waals surface area (Å²) >= 11 is 0. The Morgan fingerprint density at radius 1 is 1.30 bits per heavy atom. The van der Waals surface area contributed by atoms with Crippen LogP contribution in [0.25, 0.3) is 0 Å². The molecule has 0 fully saturated rings. The number of hydrogen-bond acceptors (Lipinski definition) is 4. The SMILES string of the molecule is CC(C)NC(=O)CN=C(N)Nc1ccc2c(c1)OCCCO2.I. The molecular formula is C15H23IN4O3. The monoisotopic (exact) mass is 434 g/mol. The van der Waals surface area contributed by atoms with Gasteiger partial charge in [-0.15, -0.1) is 24.0 Å². The lowest BCUT2D eigenvalue weighted by Gasteiger charge is -2.11. The second-order valence-electron chi connectivity index (χ2n) is 5.26. The number of carbonyl (C=O) groups is 1. The summed E-state index contributed by atoms with van der Waals surface area (Å²) in [7, 11) is 0. The van der Waals surface area contributed by atoms with Crippen molar-refractivity contribution >= 4 is 41.5 Å². The molecule has 1 aliphatic heterocycles. The van der Waals surface area contributed by atoms with Gasteiger partial charge in [-0.05, 0) is 26.0 Å². The first-order valence-electron chi connectivity index (χ1n) is 7.30. The number of halogens is 1. The van der Waals surface area contributed by atoms with E-state index in [2.05, 4.69) is 15.6 Å². The van der Waals surface area contributed by atoms with Gasteiger partial charge in [0.1, 0.15) is 6.54 Å². The van der Waals surface area contributed by atoms with Crippen molar-refractivity contribution in [2.45, 2.75) is 26.3 Å². The summed E-state index contributed by atoms with van der Waals surface area (Å²) in [5, 5.41) is 5.68. The molecule has 0 aromatic heterocycles. The van der Waals surface area contributed by atoms with Gasteiger partial charge in [0, 0.05) is 24.2 Å². The number of rotatable bonds is 4. The lowest BCUT2D eigenvalue weighted by Crippen LogP contribution is -2.33. The minimum absolute atomic E-state index is 0. The molecule has 1 aromatic rings. The number of nitrogens with zero attached hydrogens (tertiary/aromatic N) is 1. The van der Waals surface area contributed by atoms with Crippen LogP contribution >= 0.6 is 24.0 Å². The molecule has 0 spiro atoms. The Hall–Kier alpha value is -1.71. The molecular weight excluding hydrogens is 411 g/mol. The van der Waals surface area contributed by atoms with Gasteiger partial charge >= 0.3 is 0 Å². The highest BCUT2D eigenvalue weighted by Crippen LogP contribution is 2.32. The normalized spacial score (nSPS) is 13.8. The van der Waals surface area contributed by atoms with Gasteiger partial charge in [0.25, 0.3) is 0 Å². The molecule has 2 rings (SSSR count). The third kappa shape index (κ3) is 6.51. The van der Waals surface area contributed by atoms with E-state index in [4.69, 9.17) is 15.2 Å². The fourth-order valence-electron chi connectivity index (χ4n) is 1.95.